The molecule has 0 unspecified atom stereocenters. The van der Waals surface area contributed by atoms with Gasteiger partial charge in [-0.2, -0.15) is 0 Å². The van der Waals surface area contributed by atoms with Crippen LogP contribution >= 0.6 is 0 Å². The van der Waals surface area contributed by atoms with E-state index in [4.69, 9.17) is 9.47 Å². The van der Waals surface area contributed by atoms with E-state index in [1.54, 1.807) is 52.0 Å². The highest BCUT2D eigenvalue weighted by atomic mass is 16.6. The normalized spacial score (nSPS) is 12.4. The molecule has 1 N–H and O–H groups in total. The predicted octanol–water partition coefficient (Wildman–Crippen LogP) is 2.79. The summed E-state index contributed by atoms with van der Waals surface area (Å²) in [5.41, 5.74) is -0.115. The van der Waals surface area contributed by atoms with E-state index in [1.165, 1.54) is 7.11 Å². The summed E-state index contributed by atoms with van der Waals surface area (Å²) in [5.74, 6) is 0.398. The Morgan fingerprint density at radius 1 is 1.25 bits per heavy atom. The maximum absolute atomic E-state index is 12.2. The smallest absolute Gasteiger partial charge is 0.408 e. The van der Waals surface area contributed by atoms with Gasteiger partial charge in [-0.25, -0.2) is 4.79 Å². The van der Waals surface area contributed by atoms with Gasteiger partial charge < -0.3 is 14.8 Å². The first kappa shape index (κ1) is 16.0. The number of hydrogen-bond acceptors (Lipinski definition) is 4. The summed E-state index contributed by atoms with van der Waals surface area (Å²) in [7, 11) is 1.53. The number of ketones is 1. The van der Waals surface area contributed by atoms with Gasteiger partial charge in [0.15, 0.2) is 5.78 Å². The fourth-order valence-corrected chi connectivity index (χ4v) is 1.58. The molecule has 20 heavy (non-hydrogen) atoms. The van der Waals surface area contributed by atoms with Crippen LogP contribution in [0.15, 0.2) is 24.3 Å². The van der Waals surface area contributed by atoms with Crippen molar-refractivity contribution in [2.75, 3.05) is 7.11 Å². The molecule has 0 saturated heterocycles. The minimum absolute atomic E-state index is 0.199. The Kier molecular flexibility index (Phi) is 5.13. The van der Waals surface area contributed by atoms with Gasteiger partial charge in [0.05, 0.1) is 13.2 Å². The van der Waals surface area contributed by atoms with Crippen molar-refractivity contribution >= 4 is 11.9 Å². The molecule has 0 heterocycles. The summed E-state index contributed by atoms with van der Waals surface area (Å²) in [5, 5.41) is 2.52. The maximum Gasteiger partial charge on any atom is 0.408 e. The van der Waals surface area contributed by atoms with Gasteiger partial charge in [0.25, 0.3) is 0 Å². The van der Waals surface area contributed by atoms with Crippen LogP contribution in [-0.2, 0) is 4.74 Å². The lowest BCUT2D eigenvalue weighted by atomic mass is 10.1. The summed E-state index contributed by atoms with van der Waals surface area (Å²) in [6.07, 6.45) is -0.610. The second-order valence-electron chi connectivity index (χ2n) is 5.46. The van der Waals surface area contributed by atoms with E-state index in [1.807, 2.05) is 0 Å². The molecule has 0 radical (unpaired) electrons. The number of benzene rings is 1. The molecule has 0 aliphatic carbocycles. The van der Waals surface area contributed by atoms with Crippen molar-refractivity contribution in [2.45, 2.75) is 39.3 Å². The predicted molar refractivity (Wildman–Crippen MR) is 76.2 cm³/mol. The quantitative estimate of drug-likeness (QED) is 0.861. The Morgan fingerprint density at radius 2 is 1.90 bits per heavy atom. The summed E-state index contributed by atoms with van der Waals surface area (Å²) in [4.78, 5) is 23.8. The van der Waals surface area contributed by atoms with Crippen LogP contribution in [0.5, 0.6) is 5.75 Å². The van der Waals surface area contributed by atoms with E-state index in [0.29, 0.717) is 11.3 Å². The first-order valence-electron chi connectivity index (χ1n) is 6.40. The SMILES string of the molecule is COc1cccc(C(=O)[C@H](C)NC(=O)OC(C)(C)C)c1. The first-order chi connectivity index (χ1) is 9.23. The number of methoxy groups -OCH3 is 1. The molecule has 0 fully saturated rings. The van der Waals surface area contributed by atoms with Gasteiger partial charge in [0.2, 0.25) is 0 Å². The van der Waals surface area contributed by atoms with Crippen LogP contribution in [0.4, 0.5) is 4.79 Å². The molecular weight excluding hydrogens is 258 g/mol. The van der Waals surface area contributed by atoms with Crippen molar-refractivity contribution in [1.82, 2.24) is 5.32 Å². The van der Waals surface area contributed by atoms with Gasteiger partial charge in [-0.05, 0) is 39.8 Å². The average Bonchev–Trinajstić information content (AvgIpc) is 2.35. The molecule has 5 heteroatoms. The van der Waals surface area contributed by atoms with Crippen LogP contribution in [0.3, 0.4) is 0 Å². The molecular formula is C15H21NO4. The van der Waals surface area contributed by atoms with Gasteiger partial charge in [0, 0.05) is 5.56 Å². The fourth-order valence-electron chi connectivity index (χ4n) is 1.58. The summed E-state index contributed by atoms with van der Waals surface area (Å²) >= 11 is 0. The van der Waals surface area contributed by atoms with E-state index in [0.717, 1.165) is 0 Å². The second kappa shape index (κ2) is 6.41. The largest absolute Gasteiger partial charge is 0.497 e. The second-order valence-corrected chi connectivity index (χ2v) is 5.46. The highest BCUT2D eigenvalue weighted by Gasteiger charge is 2.22. The Labute approximate surface area is 119 Å². The van der Waals surface area contributed by atoms with Crippen molar-refractivity contribution in [1.29, 1.82) is 0 Å². The average molecular weight is 279 g/mol. The molecule has 0 spiro atoms. The molecule has 1 rings (SSSR count). The molecule has 1 amide bonds. The number of rotatable bonds is 4. The zero-order valence-corrected chi connectivity index (χ0v) is 12.5. The Bertz CT molecular complexity index is 491. The van der Waals surface area contributed by atoms with E-state index < -0.39 is 17.7 Å². The number of carbonyl (C=O) groups is 2. The van der Waals surface area contributed by atoms with Crippen LogP contribution < -0.4 is 10.1 Å². The number of nitrogens with one attached hydrogen (secondary N) is 1. The fraction of sp³-hybridized carbons (Fsp3) is 0.467. The molecule has 1 aromatic carbocycles. The van der Waals surface area contributed by atoms with E-state index in [-0.39, 0.29) is 5.78 Å². The van der Waals surface area contributed by atoms with Crippen LogP contribution in [0.1, 0.15) is 38.1 Å². The van der Waals surface area contributed by atoms with Crippen LogP contribution in [0, 0.1) is 0 Å². The number of carbonyl (C=O) groups excluding carboxylic acids is 2. The van der Waals surface area contributed by atoms with Gasteiger partial charge in [-0.1, -0.05) is 12.1 Å². The lowest BCUT2D eigenvalue weighted by Gasteiger charge is -2.21. The Hall–Kier alpha value is -2.04. The maximum atomic E-state index is 12.2. The van der Waals surface area contributed by atoms with Crippen molar-refractivity contribution in [3.8, 4) is 5.75 Å². The lowest BCUT2D eigenvalue weighted by Crippen LogP contribution is -2.41. The molecule has 0 aromatic heterocycles. The standard InChI is InChI=1S/C15H21NO4/c1-10(16-14(18)20-15(2,3)4)13(17)11-7-6-8-12(9-11)19-5/h6-10H,1-5H3,(H,16,18)/t10-/m0/s1. The summed E-state index contributed by atoms with van der Waals surface area (Å²) < 4.78 is 10.2. The number of amides is 1. The molecule has 0 saturated carbocycles. The third-order valence-corrected chi connectivity index (χ3v) is 2.48. The van der Waals surface area contributed by atoms with Gasteiger partial charge >= 0.3 is 6.09 Å². The monoisotopic (exact) mass is 279 g/mol. The molecule has 0 aliphatic heterocycles. The van der Waals surface area contributed by atoms with Crippen molar-refractivity contribution in [3.05, 3.63) is 29.8 Å². The Morgan fingerprint density at radius 3 is 2.45 bits per heavy atom. The van der Waals surface area contributed by atoms with Crippen molar-refractivity contribution < 1.29 is 19.1 Å². The molecule has 0 bridgehead atoms. The third kappa shape index (κ3) is 4.91. The summed E-state index contributed by atoms with van der Waals surface area (Å²) in [6, 6.07) is 6.12. The highest BCUT2D eigenvalue weighted by Crippen LogP contribution is 2.14. The van der Waals surface area contributed by atoms with Crippen LogP contribution in [0.2, 0.25) is 0 Å². The third-order valence-electron chi connectivity index (χ3n) is 2.48. The van der Waals surface area contributed by atoms with Crippen LogP contribution in [0.25, 0.3) is 0 Å². The first-order valence-corrected chi connectivity index (χ1v) is 6.40. The minimum Gasteiger partial charge on any atom is -0.497 e. The van der Waals surface area contributed by atoms with Crippen molar-refractivity contribution in [2.24, 2.45) is 0 Å². The number of Topliss-reactive ketones (excluding diaryl/α,β-unsaturated/α-hetero) is 1. The molecule has 1 atom stereocenters. The molecule has 5 nitrogen and oxygen atoms in total. The topological polar surface area (TPSA) is 64.6 Å². The molecule has 0 aliphatic rings. The van der Waals surface area contributed by atoms with Crippen LogP contribution in [-0.4, -0.2) is 30.6 Å². The summed E-state index contributed by atoms with van der Waals surface area (Å²) in [6.45, 7) is 6.91. The van der Waals surface area contributed by atoms with E-state index in [9.17, 15) is 9.59 Å². The highest BCUT2D eigenvalue weighted by molar-refractivity contribution is 6.01. The van der Waals surface area contributed by atoms with E-state index >= 15 is 0 Å². The number of ether oxygens (including phenoxy) is 2. The zero-order valence-electron chi connectivity index (χ0n) is 12.5. The van der Waals surface area contributed by atoms with Gasteiger partial charge in [-0.15, -0.1) is 0 Å². The molecule has 1 aromatic rings. The minimum atomic E-state index is -0.669. The van der Waals surface area contributed by atoms with Gasteiger partial charge in [0.1, 0.15) is 11.4 Å². The molecule has 110 valence electrons. The zero-order chi connectivity index (χ0) is 15.3. The lowest BCUT2D eigenvalue weighted by molar-refractivity contribution is 0.0497. The Balaban J connectivity index is 2.69. The number of hydrogen-bond donors (Lipinski definition) is 1. The van der Waals surface area contributed by atoms with E-state index in [2.05, 4.69) is 5.32 Å². The van der Waals surface area contributed by atoms with Crippen molar-refractivity contribution in [3.63, 3.8) is 0 Å². The van der Waals surface area contributed by atoms with Gasteiger partial charge in [-0.3, -0.25) is 4.79 Å². The number of alkyl carbamates (subject to hydrolysis) is 1.